The van der Waals surface area contributed by atoms with Crippen molar-refractivity contribution >= 4 is 34.6 Å². The molecule has 5 atom stereocenters. The van der Waals surface area contributed by atoms with Crippen molar-refractivity contribution in [3.05, 3.63) is 70.9 Å². The van der Waals surface area contributed by atoms with Crippen molar-refractivity contribution < 1.29 is 29.4 Å². The first kappa shape index (κ1) is 26.4. The number of carboxylic acid groups (broad SMARTS) is 1. The molecular weight excluding hydrogens is 500 g/mol. The molecule has 10 nitrogen and oxygen atoms in total. The van der Waals surface area contributed by atoms with Gasteiger partial charge in [0.25, 0.3) is 5.91 Å². The number of aliphatic carboxylic acids is 1. The van der Waals surface area contributed by atoms with E-state index in [1.54, 1.807) is 17.0 Å². The van der Waals surface area contributed by atoms with Crippen LogP contribution < -0.4 is 10.6 Å². The number of H-pyrrole nitrogens is 1. The van der Waals surface area contributed by atoms with Gasteiger partial charge >= 0.3 is 5.97 Å². The summed E-state index contributed by atoms with van der Waals surface area (Å²) in [6.45, 7) is 5.03. The molecule has 0 radical (unpaired) electrons. The molecular formula is C29H32N4O6. The fraction of sp³-hybridized carbons (Fsp3) is 0.379. The maximum absolute atomic E-state index is 13.9. The quantitative estimate of drug-likeness (QED) is 0.300. The van der Waals surface area contributed by atoms with Crippen LogP contribution in [0.25, 0.3) is 10.9 Å². The molecule has 39 heavy (non-hydrogen) atoms. The number of fused-ring (bicyclic) bond motifs is 7. The van der Waals surface area contributed by atoms with Gasteiger partial charge in [-0.1, -0.05) is 50.2 Å². The maximum atomic E-state index is 13.9. The molecule has 0 spiro atoms. The van der Waals surface area contributed by atoms with Crippen LogP contribution in [-0.4, -0.2) is 68.0 Å². The van der Waals surface area contributed by atoms with E-state index in [-0.39, 0.29) is 24.7 Å². The van der Waals surface area contributed by atoms with Crippen molar-refractivity contribution in [2.45, 2.75) is 63.9 Å². The van der Waals surface area contributed by atoms with Gasteiger partial charge in [-0.2, -0.15) is 0 Å². The number of carboxylic acids is 1. The third kappa shape index (κ3) is 4.65. The molecule has 0 saturated carbocycles. The number of carbonyl (C=O) groups is 4. The van der Waals surface area contributed by atoms with Crippen LogP contribution in [0.15, 0.2) is 48.5 Å². The van der Waals surface area contributed by atoms with Crippen LogP contribution in [0.4, 0.5) is 0 Å². The Hall–Kier alpha value is -4.18. The standard InChI is InChI=1S/C29H32N4O6/c1-14(2)12-21(26(35)32-23(15(3)34)29(38)39)31-27(36)22-13-19-16-8-6-7-11-20(16)30-24(19)25-17-9-4-5-10-18(17)28(37)33(22)25/h4-11,14-15,21-23,25,30,34H,12-13H2,1-3H3,(H,31,36)(H,32,35)(H,38,39)/t15-,21+,22+,23+,25-/m1/s1. The van der Waals surface area contributed by atoms with Crippen LogP contribution in [0.5, 0.6) is 0 Å². The molecule has 0 bridgehead atoms. The number of aromatic nitrogens is 1. The first-order chi connectivity index (χ1) is 18.6. The molecule has 1 aromatic heterocycles. The highest BCUT2D eigenvalue weighted by molar-refractivity contribution is 6.04. The summed E-state index contributed by atoms with van der Waals surface area (Å²) in [4.78, 5) is 57.2. The lowest BCUT2D eigenvalue weighted by Gasteiger charge is -2.38. The average molecular weight is 533 g/mol. The molecule has 2 aliphatic rings. The number of rotatable bonds is 8. The number of amides is 3. The molecule has 204 valence electrons. The van der Waals surface area contributed by atoms with E-state index in [0.717, 1.165) is 27.7 Å². The predicted molar refractivity (Wildman–Crippen MR) is 143 cm³/mol. The van der Waals surface area contributed by atoms with Crippen LogP contribution in [0.3, 0.4) is 0 Å². The van der Waals surface area contributed by atoms with Gasteiger partial charge in [0.1, 0.15) is 12.1 Å². The lowest BCUT2D eigenvalue weighted by atomic mass is 9.89. The molecule has 3 amide bonds. The van der Waals surface area contributed by atoms with E-state index in [4.69, 9.17) is 0 Å². The summed E-state index contributed by atoms with van der Waals surface area (Å²) >= 11 is 0. The smallest absolute Gasteiger partial charge is 0.328 e. The highest BCUT2D eigenvalue weighted by Gasteiger charge is 2.49. The Morgan fingerprint density at radius 2 is 1.74 bits per heavy atom. The van der Waals surface area contributed by atoms with E-state index in [1.165, 1.54) is 6.92 Å². The Bertz CT molecular complexity index is 1460. The summed E-state index contributed by atoms with van der Waals surface area (Å²) in [5.74, 6) is -2.85. The van der Waals surface area contributed by atoms with E-state index < -0.39 is 48.1 Å². The topological polar surface area (TPSA) is 152 Å². The minimum atomic E-state index is -1.52. The van der Waals surface area contributed by atoms with Crippen LogP contribution in [0.1, 0.15) is 60.4 Å². The normalized spacial score (nSPS) is 20.1. The van der Waals surface area contributed by atoms with E-state index in [2.05, 4.69) is 15.6 Å². The number of para-hydroxylation sites is 1. The lowest BCUT2D eigenvalue weighted by Crippen LogP contribution is -2.59. The largest absolute Gasteiger partial charge is 0.480 e. The molecule has 5 rings (SSSR count). The van der Waals surface area contributed by atoms with Gasteiger partial charge in [-0.25, -0.2) is 4.79 Å². The van der Waals surface area contributed by atoms with Crippen molar-refractivity contribution in [2.75, 3.05) is 0 Å². The highest BCUT2D eigenvalue weighted by Crippen LogP contribution is 2.46. The van der Waals surface area contributed by atoms with E-state index in [0.29, 0.717) is 5.56 Å². The van der Waals surface area contributed by atoms with Crippen LogP contribution in [0.2, 0.25) is 0 Å². The second-order valence-corrected chi connectivity index (χ2v) is 10.7. The zero-order chi connectivity index (χ0) is 28.0. The summed E-state index contributed by atoms with van der Waals surface area (Å²) in [5.41, 5.74) is 4.07. The number of hydrogen-bond donors (Lipinski definition) is 5. The number of aliphatic hydroxyl groups is 1. The van der Waals surface area contributed by atoms with Crippen molar-refractivity contribution in [2.24, 2.45) is 5.92 Å². The molecule has 0 aliphatic carbocycles. The van der Waals surface area contributed by atoms with Gasteiger partial charge in [-0.3, -0.25) is 14.4 Å². The lowest BCUT2D eigenvalue weighted by molar-refractivity contribution is -0.145. The van der Waals surface area contributed by atoms with E-state index in [1.807, 2.05) is 50.2 Å². The summed E-state index contributed by atoms with van der Waals surface area (Å²) in [7, 11) is 0. The Labute approximate surface area is 225 Å². The van der Waals surface area contributed by atoms with Gasteiger partial charge < -0.3 is 30.7 Å². The number of carbonyl (C=O) groups excluding carboxylic acids is 3. The first-order valence-corrected chi connectivity index (χ1v) is 13.1. The van der Waals surface area contributed by atoms with Crippen molar-refractivity contribution in [1.82, 2.24) is 20.5 Å². The van der Waals surface area contributed by atoms with Crippen molar-refractivity contribution in [1.29, 1.82) is 0 Å². The Balaban J connectivity index is 1.50. The minimum absolute atomic E-state index is 0.00660. The molecule has 2 aliphatic heterocycles. The average Bonchev–Trinajstić information content (AvgIpc) is 3.41. The van der Waals surface area contributed by atoms with Gasteiger partial charge in [0, 0.05) is 28.6 Å². The molecule has 3 heterocycles. The first-order valence-electron chi connectivity index (χ1n) is 13.1. The third-order valence-electron chi connectivity index (χ3n) is 7.54. The number of nitrogens with zero attached hydrogens (tertiary/aromatic N) is 1. The molecule has 2 aromatic carbocycles. The van der Waals surface area contributed by atoms with Crippen molar-refractivity contribution in [3.8, 4) is 0 Å². The Kier molecular flexibility index (Phi) is 6.90. The zero-order valence-corrected chi connectivity index (χ0v) is 22.0. The molecule has 10 heteroatoms. The summed E-state index contributed by atoms with van der Waals surface area (Å²) in [5, 5.41) is 25.4. The number of hydrogen-bond acceptors (Lipinski definition) is 5. The molecule has 0 saturated heterocycles. The molecule has 0 unspecified atom stereocenters. The highest BCUT2D eigenvalue weighted by atomic mass is 16.4. The second kappa shape index (κ2) is 10.2. The van der Waals surface area contributed by atoms with Crippen LogP contribution >= 0.6 is 0 Å². The number of nitrogens with one attached hydrogen (secondary N) is 3. The van der Waals surface area contributed by atoms with Gasteiger partial charge in [0.05, 0.1) is 12.1 Å². The fourth-order valence-electron chi connectivity index (χ4n) is 5.75. The second-order valence-electron chi connectivity index (χ2n) is 10.7. The maximum Gasteiger partial charge on any atom is 0.328 e. The number of aromatic amines is 1. The van der Waals surface area contributed by atoms with Gasteiger partial charge in [-0.05, 0) is 42.5 Å². The zero-order valence-electron chi connectivity index (χ0n) is 22.0. The summed E-state index contributed by atoms with van der Waals surface area (Å²) < 4.78 is 0. The van der Waals surface area contributed by atoms with E-state index in [9.17, 15) is 29.4 Å². The van der Waals surface area contributed by atoms with Crippen LogP contribution in [0, 0.1) is 5.92 Å². The van der Waals surface area contributed by atoms with Crippen LogP contribution in [-0.2, 0) is 20.8 Å². The Morgan fingerprint density at radius 1 is 1.05 bits per heavy atom. The Morgan fingerprint density at radius 3 is 2.44 bits per heavy atom. The predicted octanol–water partition coefficient (Wildman–Crippen LogP) is 2.12. The third-order valence-corrected chi connectivity index (χ3v) is 7.54. The fourth-order valence-corrected chi connectivity index (χ4v) is 5.75. The van der Waals surface area contributed by atoms with Gasteiger partial charge in [0.15, 0.2) is 6.04 Å². The minimum Gasteiger partial charge on any atom is -0.480 e. The monoisotopic (exact) mass is 532 g/mol. The molecule has 5 N–H and O–H groups in total. The summed E-state index contributed by atoms with van der Waals surface area (Å²) in [6.07, 6.45) is -0.836. The van der Waals surface area contributed by atoms with Crippen molar-refractivity contribution in [3.63, 3.8) is 0 Å². The number of aliphatic hydroxyl groups excluding tert-OH is 1. The van der Waals surface area contributed by atoms with Gasteiger partial charge in [0.2, 0.25) is 11.8 Å². The summed E-state index contributed by atoms with van der Waals surface area (Å²) in [6, 6.07) is 11.1. The number of benzene rings is 2. The SMILES string of the molecule is CC(C)C[C@H](NC(=O)[C@@H]1Cc2c([nH]c3ccccc23)[C@H]2c3ccccc3C(=O)N21)C(=O)N[C@H](C(=O)O)[C@@H](C)O. The molecule has 0 fully saturated rings. The van der Waals surface area contributed by atoms with E-state index >= 15 is 0 Å². The molecule has 3 aromatic rings. The van der Waals surface area contributed by atoms with Gasteiger partial charge in [-0.15, -0.1) is 0 Å².